The van der Waals surface area contributed by atoms with E-state index in [4.69, 9.17) is 12.2 Å². The van der Waals surface area contributed by atoms with Crippen molar-refractivity contribution in [2.24, 2.45) is 7.05 Å². The SMILES string of the molecule is CCCc1nn(C)c2c1[nH]c(=S)n2CCCN(CC)CC. The van der Waals surface area contributed by atoms with E-state index in [-0.39, 0.29) is 0 Å². The zero-order valence-corrected chi connectivity index (χ0v) is 14.5. The molecule has 0 atom stereocenters. The van der Waals surface area contributed by atoms with Gasteiger partial charge < -0.3 is 14.5 Å². The summed E-state index contributed by atoms with van der Waals surface area (Å²) in [6.45, 7) is 10.9. The molecule has 1 N–H and O–H groups in total. The van der Waals surface area contributed by atoms with Crippen molar-refractivity contribution < 1.29 is 0 Å². The lowest BCUT2D eigenvalue weighted by molar-refractivity contribution is 0.293. The highest BCUT2D eigenvalue weighted by Gasteiger charge is 2.14. The second-order valence-electron chi connectivity index (χ2n) is 5.48. The standard InChI is InChI=1S/C15H27N5S/c1-5-9-12-13-14(18(4)17-12)20(15(21)16-13)11-8-10-19(6-2)7-3/h5-11H2,1-4H3,(H,16,21). The Morgan fingerprint density at radius 3 is 2.57 bits per heavy atom. The zero-order valence-electron chi connectivity index (χ0n) is 13.6. The molecule has 21 heavy (non-hydrogen) atoms. The van der Waals surface area contributed by atoms with Crippen LogP contribution in [-0.4, -0.2) is 43.9 Å². The molecule has 0 saturated heterocycles. The Labute approximate surface area is 131 Å². The van der Waals surface area contributed by atoms with Crippen molar-refractivity contribution in [3.8, 4) is 0 Å². The van der Waals surface area contributed by atoms with E-state index < -0.39 is 0 Å². The Morgan fingerprint density at radius 1 is 1.24 bits per heavy atom. The highest BCUT2D eigenvalue weighted by atomic mass is 32.1. The van der Waals surface area contributed by atoms with E-state index in [2.05, 4.69) is 40.3 Å². The third-order valence-electron chi connectivity index (χ3n) is 4.06. The van der Waals surface area contributed by atoms with Crippen LogP contribution in [0.2, 0.25) is 0 Å². The molecular weight excluding hydrogens is 282 g/mol. The molecule has 6 heteroatoms. The van der Waals surface area contributed by atoms with Crippen molar-refractivity contribution in [1.82, 2.24) is 24.2 Å². The topological polar surface area (TPSA) is 41.8 Å². The molecule has 0 aliphatic rings. The minimum Gasteiger partial charge on any atom is -0.328 e. The number of nitrogens with zero attached hydrogens (tertiary/aromatic N) is 4. The first-order chi connectivity index (χ1) is 10.1. The number of rotatable bonds is 8. The maximum atomic E-state index is 5.50. The first kappa shape index (κ1) is 16.2. The summed E-state index contributed by atoms with van der Waals surface area (Å²) >= 11 is 5.50. The molecule has 0 aromatic carbocycles. The molecule has 0 unspecified atom stereocenters. The number of aryl methyl sites for hydroxylation is 3. The Hall–Kier alpha value is -1.14. The second kappa shape index (κ2) is 7.22. The molecular formula is C15H27N5S. The Morgan fingerprint density at radius 2 is 1.95 bits per heavy atom. The van der Waals surface area contributed by atoms with Crippen LogP contribution < -0.4 is 0 Å². The van der Waals surface area contributed by atoms with Gasteiger partial charge in [-0.3, -0.25) is 4.68 Å². The molecule has 2 aromatic rings. The summed E-state index contributed by atoms with van der Waals surface area (Å²) in [5.74, 6) is 0. The maximum absolute atomic E-state index is 5.50. The molecule has 0 bridgehead atoms. The normalized spacial score (nSPS) is 11.9. The van der Waals surface area contributed by atoms with Gasteiger partial charge in [-0.25, -0.2) is 0 Å². The van der Waals surface area contributed by atoms with Crippen LogP contribution in [0.1, 0.15) is 39.3 Å². The van der Waals surface area contributed by atoms with Gasteiger partial charge in [0.15, 0.2) is 10.4 Å². The highest BCUT2D eigenvalue weighted by Crippen LogP contribution is 2.19. The quantitative estimate of drug-likeness (QED) is 0.762. The first-order valence-electron chi connectivity index (χ1n) is 7.99. The molecule has 0 amide bonds. The number of hydrogen-bond donors (Lipinski definition) is 1. The van der Waals surface area contributed by atoms with Gasteiger partial charge in [0, 0.05) is 13.6 Å². The number of hydrogen-bond acceptors (Lipinski definition) is 3. The lowest BCUT2D eigenvalue weighted by atomic mass is 10.2. The minimum atomic E-state index is 0.815. The second-order valence-corrected chi connectivity index (χ2v) is 5.87. The number of nitrogens with one attached hydrogen (secondary N) is 1. The number of aromatic amines is 1. The number of aromatic nitrogens is 4. The maximum Gasteiger partial charge on any atom is 0.179 e. The van der Waals surface area contributed by atoms with Crippen LogP contribution in [0.25, 0.3) is 11.2 Å². The molecule has 0 fully saturated rings. The van der Waals surface area contributed by atoms with Crippen molar-refractivity contribution in [2.45, 2.75) is 46.6 Å². The van der Waals surface area contributed by atoms with Crippen molar-refractivity contribution in [2.75, 3.05) is 19.6 Å². The van der Waals surface area contributed by atoms with E-state index in [0.717, 1.165) is 67.1 Å². The average molecular weight is 309 g/mol. The predicted octanol–water partition coefficient (Wildman–Crippen LogP) is 3.12. The zero-order chi connectivity index (χ0) is 15.4. The molecule has 118 valence electrons. The largest absolute Gasteiger partial charge is 0.328 e. The van der Waals surface area contributed by atoms with Crippen LogP contribution in [0, 0.1) is 4.77 Å². The van der Waals surface area contributed by atoms with E-state index in [1.807, 2.05) is 11.7 Å². The number of H-pyrrole nitrogens is 1. The third kappa shape index (κ3) is 3.37. The molecule has 0 saturated carbocycles. The summed E-state index contributed by atoms with van der Waals surface area (Å²) in [5.41, 5.74) is 3.37. The van der Waals surface area contributed by atoms with Crippen molar-refractivity contribution in [3.63, 3.8) is 0 Å². The van der Waals surface area contributed by atoms with Crippen molar-refractivity contribution in [3.05, 3.63) is 10.5 Å². The Balaban J connectivity index is 2.20. The van der Waals surface area contributed by atoms with Gasteiger partial charge in [-0.05, 0) is 44.7 Å². The minimum absolute atomic E-state index is 0.815. The van der Waals surface area contributed by atoms with E-state index >= 15 is 0 Å². The monoisotopic (exact) mass is 309 g/mol. The van der Waals surface area contributed by atoms with Crippen LogP contribution in [0.5, 0.6) is 0 Å². The fraction of sp³-hybridized carbons (Fsp3) is 0.733. The summed E-state index contributed by atoms with van der Waals surface area (Å²) < 4.78 is 4.97. The number of imidazole rings is 1. The Kier molecular flexibility index (Phi) is 5.58. The van der Waals surface area contributed by atoms with E-state index in [1.165, 1.54) is 0 Å². The molecule has 2 rings (SSSR count). The molecule has 0 spiro atoms. The summed E-state index contributed by atoms with van der Waals surface area (Å²) in [7, 11) is 2.00. The van der Waals surface area contributed by atoms with Crippen LogP contribution >= 0.6 is 12.2 Å². The predicted molar refractivity (Wildman–Crippen MR) is 90.3 cm³/mol. The van der Waals surface area contributed by atoms with Crippen LogP contribution in [0.4, 0.5) is 0 Å². The summed E-state index contributed by atoms with van der Waals surface area (Å²) in [5, 5.41) is 4.62. The lowest BCUT2D eigenvalue weighted by Gasteiger charge is -2.17. The van der Waals surface area contributed by atoms with Crippen LogP contribution in [0.3, 0.4) is 0 Å². The van der Waals surface area contributed by atoms with Gasteiger partial charge in [0.1, 0.15) is 5.52 Å². The molecule has 0 aliphatic carbocycles. The van der Waals surface area contributed by atoms with Crippen molar-refractivity contribution >= 4 is 23.4 Å². The first-order valence-corrected chi connectivity index (χ1v) is 8.39. The fourth-order valence-electron chi connectivity index (χ4n) is 2.89. The van der Waals surface area contributed by atoms with Crippen LogP contribution in [-0.2, 0) is 20.0 Å². The third-order valence-corrected chi connectivity index (χ3v) is 4.38. The molecule has 2 aromatic heterocycles. The fourth-order valence-corrected chi connectivity index (χ4v) is 3.17. The van der Waals surface area contributed by atoms with E-state index in [1.54, 1.807) is 0 Å². The Bertz CT molecular complexity index is 632. The van der Waals surface area contributed by atoms with Gasteiger partial charge in [-0.15, -0.1) is 0 Å². The summed E-state index contributed by atoms with van der Waals surface area (Å²) in [4.78, 5) is 5.79. The highest BCUT2D eigenvalue weighted by molar-refractivity contribution is 7.71. The molecule has 0 aliphatic heterocycles. The van der Waals surface area contributed by atoms with E-state index in [0.29, 0.717) is 0 Å². The van der Waals surface area contributed by atoms with Gasteiger partial charge in [-0.1, -0.05) is 27.2 Å². The molecule has 2 heterocycles. The average Bonchev–Trinajstić information content (AvgIpc) is 2.94. The summed E-state index contributed by atoms with van der Waals surface area (Å²) in [6.07, 6.45) is 3.20. The summed E-state index contributed by atoms with van der Waals surface area (Å²) in [6, 6.07) is 0. The van der Waals surface area contributed by atoms with E-state index in [9.17, 15) is 0 Å². The van der Waals surface area contributed by atoms with Crippen LogP contribution in [0.15, 0.2) is 0 Å². The molecule has 5 nitrogen and oxygen atoms in total. The van der Waals surface area contributed by atoms with Gasteiger partial charge in [0.2, 0.25) is 0 Å². The van der Waals surface area contributed by atoms with Gasteiger partial charge in [0.05, 0.1) is 5.69 Å². The van der Waals surface area contributed by atoms with Gasteiger partial charge >= 0.3 is 0 Å². The van der Waals surface area contributed by atoms with Gasteiger partial charge in [-0.2, -0.15) is 5.10 Å². The molecule has 0 radical (unpaired) electrons. The van der Waals surface area contributed by atoms with Crippen molar-refractivity contribution in [1.29, 1.82) is 0 Å². The smallest absolute Gasteiger partial charge is 0.179 e. The lowest BCUT2D eigenvalue weighted by Crippen LogP contribution is -2.24. The van der Waals surface area contributed by atoms with Gasteiger partial charge in [0.25, 0.3) is 0 Å². The number of fused-ring (bicyclic) bond motifs is 1.